The second-order valence-corrected chi connectivity index (χ2v) is 7.13. The third-order valence-electron chi connectivity index (χ3n) is 5.00. The van der Waals surface area contributed by atoms with Gasteiger partial charge in [-0.2, -0.15) is 28.1 Å². The van der Waals surface area contributed by atoms with E-state index in [-0.39, 0.29) is 23.2 Å². The summed E-state index contributed by atoms with van der Waals surface area (Å²) in [5.41, 5.74) is 4.33. The molecule has 0 bridgehead atoms. The molecule has 2 aliphatic heterocycles. The fraction of sp³-hybridized carbons (Fsp3) is 0.556. The van der Waals surface area contributed by atoms with Gasteiger partial charge < -0.3 is 25.0 Å². The molecule has 2 N–H and O–H groups in total. The molecule has 2 aromatic heterocycles. The lowest BCUT2D eigenvalue weighted by atomic mass is 10.1. The number of hydrogen-bond acceptors (Lipinski definition) is 9. The third kappa shape index (κ3) is 4.24. The first kappa shape index (κ1) is 20.5. The number of morpholine rings is 2. The molecule has 0 amide bonds. The van der Waals surface area contributed by atoms with Gasteiger partial charge in [-0.1, -0.05) is 0 Å². The van der Waals surface area contributed by atoms with Crippen LogP contribution in [0.1, 0.15) is 12.5 Å². The number of nitrogens with zero attached hydrogens (tertiary/aromatic N) is 6. The number of pyridine rings is 1. The molecule has 9 nitrogen and oxygen atoms in total. The highest BCUT2D eigenvalue weighted by Crippen LogP contribution is 2.37. The van der Waals surface area contributed by atoms with Crippen molar-refractivity contribution < 1.29 is 22.6 Å². The predicted octanol–water partition coefficient (Wildman–Crippen LogP) is 1.60. The maximum Gasteiger partial charge on any atom is 0.417 e. The zero-order valence-corrected chi connectivity index (χ0v) is 16.4. The Morgan fingerprint density at radius 2 is 1.73 bits per heavy atom. The van der Waals surface area contributed by atoms with Crippen LogP contribution in [0.4, 0.5) is 30.9 Å². The van der Waals surface area contributed by atoms with Crippen LogP contribution < -0.4 is 15.5 Å². The number of halogens is 3. The number of hydrogen-bond donors (Lipinski definition) is 1. The summed E-state index contributed by atoms with van der Waals surface area (Å²) in [6, 6.07) is 0.767. The van der Waals surface area contributed by atoms with Crippen LogP contribution in [0.25, 0.3) is 11.4 Å². The van der Waals surface area contributed by atoms with Crippen LogP contribution >= 0.6 is 0 Å². The van der Waals surface area contributed by atoms with Crippen molar-refractivity contribution in [3.63, 3.8) is 0 Å². The van der Waals surface area contributed by atoms with E-state index in [1.165, 1.54) is 0 Å². The number of rotatable bonds is 3. The zero-order valence-electron chi connectivity index (χ0n) is 16.4. The van der Waals surface area contributed by atoms with Crippen molar-refractivity contribution in [2.75, 3.05) is 61.6 Å². The molecule has 0 unspecified atom stereocenters. The van der Waals surface area contributed by atoms with Gasteiger partial charge in [-0.3, -0.25) is 0 Å². The average molecular weight is 425 g/mol. The van der Waals surface area contributed by atoms with E-state index in [0.29, 0.717) is 58.0 Å². The van der Waals surface area contributed by atoms with Crippen LogP contribution in [0.15, 0.2) is 12.3 Å². The van der Waals surface area contributed by atoms with Gasteiger partial charge in [-0.15, -0.1) is 0 Å². The summed E-state index contributed by atoms with van der Waals surface area (Å²) >= 11 is 0. The fourth-order valence-corrected chi connectivity index (χ4v) is 3.42. The topological polar surface area (TPSA) is 103 Å². The van der Waals surface area contributed by atoms with Crippen LogP contribution in [-0.4, -0.2) is 72.0 Å². The standard InChI is InChI=1S/C18H22F3N7O2/c1-11-10-30-7-4-28(11)17-25-15(24-16(26-17)27-2-5-29-6-3-27)12-9-23-14(22)8-13(12)18(19,20)21/h8-9,11H,2-7,10H2,1H3,(H2,22,23)/t11-/m0/s1. The van der Waals surface area contributed by atoms with Crippen LogP contribution in [0.3, 0.4) is 0 Å². The van der Waals surface area contributed by atoms with E-state index in [2.05, 4.69) is 19.9 Å². The van der Waals surface area contributed by atoms with Gasteiger partial charge in [-0.05, 0) is 13.0 Å². The Kier molecular flexibility index (Phi) is 5.60. The van der Waals surface area contributed by atoms with E-state index >= 15 is 0 Å². The molecule has 30 heavy (non-hydrogen) atoms. The van der Waals surface area contributed by atoms with Crippen molar-refractivity contribution in [2.45, 2.75) is 19.1 Å². The number of anilines is 3. The van der Waals surface area contributed by atoms with Gasteiger partial charge in [0.1, 0.15) is 5.82 Å². The summed E-state index contributed by atoms with van der Waals surface area (Å²) in [4.78, 5) is 20.9. The van der Waals surface area contributed by atoms with Gasteiger partial charge in [0.25, 0.3) is 0 Å². The minimum absolute atomic E-state index is 0.0295. The second-order valence-electron chi connectivity index (χ2n) is 7.13. The number of aromatic nitrogens is 4. The molecule has 2 saturated heterocycles. The maximum atomic E-state index is 13.7. The monoisotopic (exact) mass is 425 g/mol. The molecule has 162 valence electrons. The van der Waals surface area contributed by atoms with E-state index < -0.39 is 11.7 Å². The highest BCUT2D eigenvalue weighted by atomic mass is 19.4. The van der Waals surface area contributed by atoms with E-state index in [9.17, 15) is 13.2 Å². The Morgan fingerprint density at radius 3 is 2.43 bits per heavy atom. The molecular weight excluding hydrogens is 403 g/mol. The Labute approximate surface area is 171 Å². The maximum absolute atomic E-state index is 13.7. The molecule has 1 atom stereocenters. The summed E-state index contributed by atoms with van der Waals surface area (Å²) < 4.78 is 51.9. The Hall–Kier alpha value is -2.73. The molecule has 0 saturated carbocycles. The van der Waals surface area contributed by atoms with E-state index in [1.807, 2.05) is 16.7 Å². The Morgan fingerprint density at radius 1 is 1.03 bits per heavy atom. The van der Waals surface area contributed by atoms with Crippen LogP contribution in [0.5, 0.6) is 0 Å². The first-order valence-electron chi connectivity index (χ1n) is 9.59. The van der Waals surface area contributed by atoms with Crippen LogP contribution in [0, 0.1) is 0 Å². The Balaban J connectivity index is 1.84. The van der Waals surface area contributed by atoms with Gasteiger partial charge in [0.2, 0.25) is 11.9 Å². The average Bonchev–Trinajstić information content (AvgIpc) is 2.74. The number of nitrogen functional groups attached to an aromatic ring is 1. The Bertz CT molecular complexity index is 906. The van der Waals surface area contributed by atoms with Crippen LogP contribution in [0.2, 0.25) is 0 Å². The molecule has 4 heterocycles. The van der Waals surface area contributed by atoms with Gasteiger partial charge in [0.05, 0.1) is 43.6 Å². The van der Waals surface area contributed by atoms with Crippen molar-refractivity contribution in [3.8, 4) is 11.4 Å². The summed E-state index contributed by atoms with van der Waals surface area (Å²) in [7, 11) is 0. The number of alkyl halides is 3. The molecule has 0 spiro atoms. The van der Waals surface area contributed by atoms with Gasteiger partial charge in [0, 0.05) is 25.8 Å². The molecule has 2 aliphatic rings. The summed E-state index contributed by atoms with van der Waals surface area (Å²) in [5.74, 6) is 0.291. The smallest absolute Gasteiger partial charge is 0.384 e. The number of ether oxygens (including phenoxy) is 2. The first-order chi connectivity index (χ1) is 14.3. The van der Waals surface area contributed by atoms with E-state index in [0.717, 1.165) is 12.3 Å². The minimum atomic E-state index is -4.63. The summed E-state index contributed by atoms with van der Waals surface area (Å²) in [6.45, 7) is 5.48. The first-order valence-corrected chi connectivity index (χ1v) is 9.59. The molecule has 0 aromatic carbocycles. The second kappa shape index (κ2) is 8.19. The molecule has 2 fully saturated rings. The van der Waals surface area contributed by atoms with E-state index in [1.54, 1.807) is 0 Å². The quantitative estimate of drug-likeness (QED) is 0.785. The number of nitrogens with two attached hydrogens (primary N) is 1. The van der Waals surface area contributed by atoms with Crippen molar-refractivity contribution >= 4 is 17.7 Å². The summed E-state index contributed by atoms with van der Waals surface area (Å²) in [5, 5.41) is 0. The minimum Gasteiger partial charge on any atom is -0.384 e. The predicted molar refractivity (Wildman–Crippen MR) is 103 cm³/mol. The molecule has 0 aliphatic carbocycles. The summed E-state index contributed by atoms with van der Waals surface area (Å²) in [6.07, 6.45) is -3.58. The third-order valence-corrected chi connectivity index (χ3v) is 5.00. The lowest BCUT2D eigenvalue weighted by Crippen LogP contribution is -2.45. The highest BCUT2D eigenvalue weighted by Gasteiger charge is 2.36. The normalized spacial score (nSPS) is 20.5. The zero-order chi connectivity index (χ0) is 21.3. The van der Waals surface area contributed by atoms with Crippen LogP contribution in [-0.2, 0) is 15.7 Å². The van der Waals surface area contributed by atoms with Crippen molar-refractivity contribution in [2.24, 2.45) is 0 Å². The molecule has 0 radical (unpaired) electrons. The molecule has 12 heteroatoms. The van der Waals surface area contributed by atoms with E-state index in [4.69, 9.17) is 15.2 Å². The van der Waals surface area contributed by atoms with Crippen molar-refractivity contribution in [1.29, 1.82) is 0 Å². The molecule has 4 rings (SSSR count). The van der Waals surface area contributed by atoms with Gasteiger partial charge in [-0.25, -0.2) is 4.98 Å². The van der Waals surface area contributed by atoms with Crippen molar-refractivity contribution in [3.05, 3.63) is 17.8 Å². The molecule has 2 aromatic rings. The van der Waals surface area contributed by atoms with Gasteiger partial charge in [0.15, 0.2) is 5.82 Å². The molecular formula is C18H22F3N7O2. The SMILES string of the molecule is C[C@H]1COCCN1c1nc(-c2cnc(N)cc2C(F)(F)F)nc(N2CCOCC2)n1. The van der Waals surface area contributed by atoms with Gasteiger partial charge >= 0.3 is 6.18 Å². The highest BCUT2D eigenvalue weighted by molar-refractivity contribution is 5.64. The lowest BCUT2D eigenvalue weighted by molar-refractivity contribution is -0.137. The lowest BCUT2D eigenvalue weighted by Gasteiger charge is -2.34. The largest absolute Gasteiger partial charge is 0.417 e. The van der Waals surface area contributed by atoms with Crippen molar-refractivity contribution in [1.82, 2.24) is 19.9 Å². The fourth-order valence-electron chi connectivity index (χ4n) is 3.42.